The second kappa shape index (κ2) is 20.4. The molecule has 0 N–H and O–H groups in total. The smallest absolute Gasteiger partial charge is 0.313 e. The highest BCUT2D eigenvalue weighted by atomic mass is 35.5. The van der Waals surface area contributed by atoms with Crippen LogP contribution in [0.3, 0.4) is 0 Å². The van der Waals surface area contributed by atoms with Gasteiger partial charge in [-0.05, 0) is 27.7 Å². The number of halogens is 1. The quantitative estimate of drug-likeness (QED) is 0.227. The predicted molar refractivity (Wildman–Crippen MR) is 80.9 cm³/mol. The second-order valence-corrected chi connectivity index (χ2v) is 3.40. The van der Waals surface area contributed by atoms with Crippen LogP contribution in [0.2, 0.25) is 0 Å². The van der Waals surface area contributed by atoms with Gasteiger partial charge in [0.15, 0.2) is 12.1 Å². The summed E-state index contributed by atoms with van der Waals surface area (Å²) in [5.74, 6) is -0.938. The van der Waals surface area contributed by atoms with Gasteiger partial charge in [-0.25, -0.2) is 0 Å². The van der Waals surface area contributed by atoms with Crippen molar-refractivity contribution in [2.45, 2.75) is 40.4 Å². The zero-order valence-electron chi connectivity index (χ0n) is 12.9. The molecule has 0 aromatic heterocycles. The molecule has 0 bridgehead atoms. The summed E-state index contributed by atoms with van der Waals surface area (Å²) in [6.07, 6.45) is -0.248. The Labute approximate surface area is 127 Å². The van der Waals surface area contributed by atoms with E-state index in [4.69, 9.17) is 21.1 Å². The molecule has 0 amide bonds. The molecule has 0 spiro atoms. The Kier molecular flexibility index (Phi) is 24.6. The highest BCUT2D eigenvalue weighted by molar-refractivity contribution is 6.28. The van der Waals surface area contributed by atoms with Crippen LogP contribution in [0.1, 0.15) is 34.1 Å². The summed E-state index contributed by atoms with van der Waals surface area (Å²) in [6.45, 7) is 15.2. The van der Waals surface area contributed by atoms with Gasteiger partial charge in [0.2, 0.25) is 0 Å². The van der Waals surface area contributed by atoms with Crippen LogP contribution >= 0.6 is 11.6 Å². The number of ketones is 1. The van der Waals surface area contributed by atoms with Gasteiger partial charge in [-0.1, -0.05) is 0 Å². The van der Waals surface area contributed by atoms with Crippen molar-refractivity contribution in [3.8, 4) is 0 Å². The van der Waals surface area contributed by atoms with Crippen LogP contribution < -0.4 is 0 Å². The van der Waals surface area contributed by atoms with Gasteiger partial charge in [0.05, 0.1) is 12.5 Å². The first-order chi connectivity index (χ1) is 9.51. The van der Waals surface area contributed by atoms with E-state index in [1.165, 1.54) is 0 Å². The lowest BCUT2D eigenvalue weighted by Gasteiger charge is -2.09. The lowest BCUT2D eigenvalue weighted by molar-refractivity contribution is -0.145. The van der Waals surface area contributed by atoms with E-state index in [2.05, 4.69) is 17.9 Å². The largest absolute Gasteiger partial charge is 0.466 e. The van der Waals surface area contributed by atoms with E-state index < -0.39 is 5.97 Å². The number of esters is 1. The third-order valence-corrected chi connectivity index (χ3v) is 1.90. The van der Waals surface area contributed by atoms with Crippen molar-refractivity contribution in [1.82, 2.24) is 0 Å². The maximum absolute atomic E-state index is 10.5. The fraction of sp³-hybridized carbons (Fsp3) is 0.714. The minimum Gasteiger partial charge on any atom is -0.466 e. The second-order valence-electron chi connectivity index (χ2n) is 3.13. The molecule has 0 aromatic rings. The van der Waals surface area contributed by atoms with Crippen LogP contribution in [0, 0.1) is 0 Å². The zero-order chi connectivity index (χ0) is 16.4. The number of carbonyl (C=O) groups is 2. The Bertz CT molecular complexity index is 228. The summed E-state index contributed by atoms with van der Waals surface area (Å²) in [4.78, 5) is 21.0. The molecule has 0 rings (SSSR count). The molecule has 0 fully saturated rings. The number of alkyl halides is 1. The number of hydrogen-bond donors (Lipinski definition) is 0. The zero-order valence-corrected chi connectivity index (χ0v) is 13.7. The summed E-state index contributed by atoms with van der Waals surface area (Å²) < 4.78 is 14.6. The third kappa shape index (κ3) is 22.3. The Morgan fingerprint density at radius 2 is 1.50 bits per heavy atom. The number of ether oxygens (including phenoxy) is 3. The van der Waals surface area contributed by atoms with Crippen molar-refractivity contribution >= 4 is 23.4 Å². The standard InChI is InChI=1S/C6H9ClO3.C6H14O2.C2H4/c1-2-10-6(9)3-5(8)4-7;1-4-7-6(3)8-5-2;1-2/h2-4H2,1H3;6H,4-5H2,1-3H3;1-2H2. The van der Waals surface area contributed by atoms with Crippen LogP contribution in [0.25, 0.3) is 0 Å². The van der Waals surface area contributed by atoms with Crippen molar-refractivity contribution < 1.29 is 23.8 Å². The van der Waals surface area contributed by atoms with E-state index in [9.17, 15) is 9.59 Å². The molecule has 20 heavy (non-hydrogen) atoms. The van der Waals surface area contributed by atoms with Gasteiger partial charge in [-0.2, -0.15) is 0 Å². The first-order valence-corrected chi connectivity index (χ1v) is 7.01. The molecule has 0 atom stereocenters. The summed E-state index contributed by atoms with van der Waals surface area (Å²) in [6, 6.07) is 0. The van der Waals surface area contributed by atoms with Crippen molar-refractivity contribution in [3.05, 3.63) is 13.2 Å². The molecule has 0 heterocycles. The minimum absolute atomic E-state index is 0.0370. The fourth-order valence-electron chi connectivity index (χ4n) is 0.938. The number of hydrogen-bond acceptors (Lipinski definition) is 5. The van der Waals surface area contributed by atoms with Crippen molar-refractivity contribution in [2.75, 3.05) is 25.7 Å². The van der Waals surface area contributed by atoms with Gasteiger partial charge >= 0.3 is 5.97 Å². The normalized spacial score (nSPS) is 8.90. The minimum atomic E-state index is -0.506. The Morgan fingerprint density at radius 3 is 1.80 bits per heavy atom. The fourth-order valence-corrected chi connectivity index (χ4v) is 1.03. The molecule has 6 heteroatoms. The van der Waals surface area contributed by atoms with E-state index in [-0.39, 0.29) is 24.4 Å². The third-order valence-electron chi connectivity index (χ3n) is 1.60. The Hall–Kier alpha value is -0.910. The van der Waals surface area contributed by atoms with Gasteiger partial charge in [0, 0.05) is 13.2 Å². The van der Waals surface area contributed by atoms with Crippen LogP contribution in [0.4, 0.5) is 0 Å². The van der Waals surface area contributed by atoms with Crippen molar-refractivity contribution in [2.24, 2.45) is 0 Å². The van der Waals surface area contributed by atoms with E-state index >= 15 is 0 Å². The summed E-state index contributed by atoms with van der Waals surface area (Å²) >= 11 is 5.14. The maximum atomic E-state index is 10.5. The highest BCUT2D eigenvalue weighted by Crippen LogP contribution is 1.91. The number of carbonyl (C=O) groups excluding carboxylic acids is 2. The molecule has 0 aliphatic carbocycles. The number of rotatable bonds is 8. The lowest BCUT2D eigenvalue weighted by Crippen LogP contribution is -2.11. The van der Waals surface area contributed by atoms with E-state index in [1.807, 2.05) is 20.8 Å². The molecular formula is C14H27ClO5. The number of Topliss-reactive ketones (excluding diaryl/α,β-unsaturated/α-hetero) is 1. The summed E-state index contributed by atoms with van der Waals surface area (Å²) in [5, 5.41) is 0. The molecule has 0 saturated heterocycles. The van der Waals surface area contributed by atoms with Crippen LogP contribution in [-0.4, -0.2) is 43.7 Å². The highest BCUT2D eigenvalue weighted by Gasteiger charge is 2.07. The molecule has 0 aromatic carbocycles. The van der Waals surface area contributed by atoms with Gasteiger partial charge in [-0.3, -0.25) is 9.59 Å². The van der Waals surface area contributed by atoms with Gasteiger partial charge in [0.1, 0.15) is 6.42 Å². The Morgan fingerprint density at radius 1 is 1.05 bits per heavy atom. The molecule has 0 aliphatic rings. The summed E-state index contributed by atoms with van der Waals surface area (Å²) in [5.41, 5.74) is 0. The molecule has 0 saturated carbocycles. The molecule has 120 valence electrons. The van der Waals surface area contributed by atoms with E-state index in [0.29, 0.717) is 6.61 Å². The Balaban J connectivity index is -0.000000262. The van der Waals surface area contributed by atoms with Gasteiger partial charge in [0.25, 0.3) is 0 Å². The van der Waals surface area contributed by atoms with Crippen LogP contribution in [-0.2, 0) is 23.8 Å². The SMILES string of the molecule is C=C.CCOC(=O)CC(=O)CCl.CCOC(C)OCC. The topological polar surface area (TPSA) is 61.8 Å². The van der Waals surface area contributed by atoms with Gasteiger partial charge < -0.3 is 14.2 Å². The van der Waals surface area contributed by atoms with Gasteiger partial charge in [-0.15, -0.1) is 24.8 Å². The molecule has 0 radical (unpaired) electrons. The molecule has 5 nitrogen and oxygen atoms in total. The molecule has 0 aliphatic heterocycles. The predicted octanol–water partition coefficient (Wildman–Crippen LogP) is 2.96. The first-order valence-electron chi connectivity index (χ1n) is 6.48. The van der Waals surface area contributed by atoms with Crippen LogP contribution in [0.5, 0.6) is 0 Å². The van der Waals surface area contributed by atoms with Crippen molar-refractivity contribution in [1.29, 1.82) is 0 Å². The molecule has 0 unspecified atom stereocenters. The average molecular weight is 311 g/mol. The van der Waals surface area contributed by atoms with Crippen LogP contribution in [0.15, 0.2) is 13.2 Å². The van der Waals surface area contributed by atoms with E-state index in [1.54, 1.807) is 6.92 Å². The van der Waals surface area contributed by atoms with E-state index in [0.717, 1.165) is 13.2 Å². The average Bonchev–Trinajstić information content (AvgIpc) is 2.42. The molecular weight excluding hydrogens is 284 g/mol. The first kappa shape index (κ1) is 24.1. The maximum Gasteiger partial charge on any atom is 0.313 e. The van der Waals surface area contributed by atoms with Crippen molar-refractivity contribution in [3.63, 3.8) is 0 Å². The lowest BCUT2D eigenvalue weighted by atomic mass is 10.3. The summed E-state index contributed by atoms with van der Waals surface area (Å²) in [7, 11) is 0. The monoisotopic (exact) mass is 310 g/mol.